The van der Waals surface area contributed by atoms with E-state index in [1.54, 1.807) is 24.3 Å². The predicted octanol–water partition coefficient (Wildman–Crippen LogP) is 4.75. The molecule has 1 unspecified atom stereocenters. The lowest BCUT2D eigenvalue weighted by Crippen LogP contribution is -2.15. The maximum absolute atomic E-state index is 12.4. The second-order valence-corrected chi connectivity index (χ2v) is 10.1. The number of aromatic nitrogens is 3. The number of fused-ring (bicyclic) bond motifs is 1. The smallest absolute Gasteiger partial charge is 0.234 e. The molecule has 2 N–H and O–H groups in total. The zero-order chi connectivity index (χ0) is 22.7. The molecule has 0 radical (unpaired) electrons. The maximum atomic E-state index is 12.4. The first-order chi connectivity index (χ1) is 15.4. The molecule has 1 aliphatic rings. The topological polar surface area (TPSA) is 88.9 Å². The summed E-state index contributed by atoms with van der Waals surface area (Å²) in [6, 6.07) is 9.35. The monoisotopic (exact) mass is 469 g/mol. The normalized spacial score (nSPS) is 15.3. The number of anilines is 2. The van der Waals surface area contributed by atoms with Gasteiger partial charge >= 0.3 is 0 Å². The van der Waals surface area contributed by atoms with Gasteiger partial charge in [-0.15, -0.1) is 21.5 Å². The van der Waals surface area contributed by atoms with Gasteiger partial charge in [0, 0.05) is 30.2 Å². The summed E-state index contributed by atoms with van der Waals surface area (Å²) < 4.78 is 1.96. The Bertz CT molecular complexity index is 1140. The molecule has 9 heteroatoms. The highest BCUT2D eigenvalue weighted by molar-refractivity contribution is 7.99. The maximum Gasteiger partial charge on any atom is 0.234 e. The number of hydrogen-bond acceptors (Lipinski definition) is 6. The van der Waals surface area contributed by atoms with Crippen LogP contribution in [0.15, 0.2) is 35.5 Å². The highest BCUT2D eigenvalue weighted by Crippen LogP contribution is 2.38. The number of carbonyl (C=O) groups is 2. The number of rotatable bonds is 7. The van der Waals surface area contributed by atoms with Crippen LogP contribution in [-0.2, 0) is 29.5 Å². The minimum atomic E-state index is -0.154. The molecular formula is C23H27N5O2S2. The quantitative estimate of drug-likeness (QED) is 0.488. The van der Waals surface area contributed by atoms with E-state index < -0.39 is 0 Å². The van der Waals surface area contributed by atoms with Crippen molar-refractivity contribution in [2.75, 3.05) is 16.4 Å². The number of nitrogens with one attached hydrogen (secondary N) is 2. The van der Waals surface area contributed by atoms with Crippen molar-refractivity contribution in [1.82, 2.24) is 14.8 Å². The van der Waals surface area contributed by atoms with Crippen molar-refractivity contribution in [3.63, 3.8) is 0 Å². The number of carbonyl (C=O) groups excluding carboxylic acids is 2. The third-order valence-electron chi connectivity index (χ3n) is 5.62. The van der Waals surface area contributed by atoms with Crippen LogP contribution in [0, 0.1) is 5.92 Å². The second-order valence-electron chi connectivity index (χ2n) is 8.04. The van der Waals surface area contributed by atoms with E-state index in [0.717, 1.165) is 29.5 Å². The Morgan fingerprint density at radius 1 is 1.22 bits per heavy atom. The summed E-state index contributed by atoms with van der Waals surface area (Å²) in [6.45, 7) is 3.72. The van der Waals surface area contributed by atoms with Gasteiger partial charge in [-0.1, -0.05) is 31.2 Å². The molecule has 3 aromatic rings. The molecule has 7 nitrogen and oxygen atoms in total. The molecule has 168 valence electrons. The molecule has 0 fully saturated rings. The first-order valence-corrected chi connectivity index (χ1v) is 12.5. The number of nitrogens with zero attached hydrogens (tertiary/aromatic N) is 3. The van der Waals surface area contributed by atoms with E-state index in [4.69, 9.17) is 0 Å². The van der Waals surface area contributed by atoms with Crippen LogP contribution in [0.5, 0.6) is 0 Å². The zero-order valence-corrected chi connectivity index (χ0v) is 20.1. The molecular weight excluding hydrogens is 442 g/mol. The molecule has 1 aromatic carbocycles. The average molecular weight is 470 g/mol. The standard InChI is InChI=1S/C23H27N5O2S2/c1-4-15-8-9-19-16(10-15)11-20(32-19)22-26-27-23(28(22)3)31-13-21(30)25-18-7-5-6-17(12-18)24-14(2)29/h5-7,11-12,15H,4,8-10,13H2,1-3H3,(H,24,29)(H,25,30). The average Bonchev–Trinajstić information content (AvgIpc) is 3.34. The molecule has 0 saturated heterocycles. The number of thiophene rings is 1. The molecule has 4 rings (SSSR count). The van der Waals surface area contributed by atoms with E-state index in [2.05, 4.69) is 33.8 Å². The first kappa shape index (κ1) is 22.5. The molecule has 1 aliphatic carbocycles. The Balaban J connectivity index is 1.38. The number of benzene rings is 1. The van der Waals surface area contributed by atoms with Crippen LogP contribution < -0.4 is 10.6 Å². The van der Waals surface area contributed by atoms with Crippen molar-refractivity contribution in [2.24, 2.45) is 13.0 Å². The van der Waals surface area contributed by atoms with Crippen molar-refractivity contribution in [2.45, 2.75) is 44.7 Å². The lowest BCUT2D eigenvalue weighted by Gasteiger charge is -2.19. The molecule has 0 bridgehead atoms. The summed E-state index contributed by atoms with van der Waals surface area (Å²) in [5.74, 6) is 1.56. The van der Waals surface area contributed by atoms with E-state index in [9.17, 15) is 9.59 Å². The summed E-state index contributed by atoms with van der Waals surface area (Å²) in [4.78, 5) is 26.3. The highest BCUT2D eigenvalue weighted by Gasteiger charge is 2.22. The van der Waals surface area contributed by atoms with Gasteiger partial charge < -0.3 is 15.2 Å². The van der Waals surface area contributed by atoms with Crippen molar-refractivity contribution >= 4 is 46.3 Å². The van der Waals surface area contributed by atoms with Gasteiger partial charge in [-0.05, 0) is 55.0 Å². The van der Waals surface area contributed by atoms with Gasteiger partial charge in [0.1, 0.15) is 0 Å². The molecule has 32 heavy (non-hydrogen) atoms. The lowest BCUT2D eigenvalue weighted by molar-refractivity contribution is -0.114. The Kier molecular flexibility index (Phi) is 6.95. The van der Waals surface area contributed by atoms with Crippen LogP contribution in [0.1, 0.15) is 37.1 Å². The number of aryl methyl sites for hydroxylation is 1. The number of thioether (sulfide) groups is 1. The SMILES string of the molecule is CCC1CCc2sc(-c3nnc(SCC(=O)Nc4cccc(NC(C)=O)c4)n3C)cc2C1. The minimum Gasteiger partial charge on any atom is -0.326 e. The molecule has 0 spiro atoms. The minimum absolute atomic E-state index is 0.142. The van der Waals surface area contributed by atoms with Gasteiger partial charge in [-0.25, -0.2) is 0 Å². The predicted molar refractivity (Wildman–Crippen MR) is 130 cm³/mol. The van der Waals surface area contributed by atoms with Gasteiger partial charge in [-0.3, -0.25) is 9.59 Å². The van der Waals surface area contributed by atoms with Gasteiger partial charge in [0.25, 0.3) is 0 Å². The van der Waals surface area contributed by atoms with Gasteiger partial charge in [0.15, 0.2) is 11.0 Å². The Morgan fingerprint density at radius 2 is 2.00 bits per heavy atom. The van der Waals surface area contributed by atoms with Crippen molar-refractivity contribution in [1.29, 1.82) is 0 Å². The van der Waals surface area contributed by atoms with Crippen LogP contribution >= 0.6 is 23.1 Å². The van der Waals surface area contributed by atoms with Crippen molar-refractivity contribution < 1.29 is 9.59 Å². The van der Waals surface area contributed by atoms with E-state index >= 15 is 0 Å². The van der Waals surface area contributed by atoms with Crippen LogP contribution in [0.4, 0.5) is 11.4 Å². The Labute approximate surface area is 196 Å². The van der Waals surface area contributed by atoms with E-state index in [1.165, 1.54) is 42.0 Å². The summed E-state index contributed by atoms with van der Waals surface area (Å²) in [7, 11) is 1.94. The van der Waals surface area contributed by atoms with Crippen molar-refractivity contribution in [3.8, 4) is 10.7 Å². The third-order valence-corrected chi connectivity index (χ3v) is 7.87. The summed E-state index contributed by atoms with van der Waals surface area (Å²) >= 11 is 3.17. The fourth-order valence-electron chi connectivity index (χ4n) is 3.92. The van der Waals surface area contributed by atoms with Crippen LogP contribution in [0.25, 0.3) is 10.7 Å². The Hall–Kier alpha value is -2.65. The Morgan fingerprint density at radius 3 is 2.75 bits per heavy atom. The van der Waals surface area contributed by atoms with Crippen molar-refractivity contribution in [3.05, 3.63) is 40.8 Å². The van der Waals surface area contributed by atoms with Crippen LogP contribution in [-0.4, -0.2) is 32.3 Å². The summed E-state index contributed by atoms with van der Waals surface area (Å²) in [5.41, 5.74) is 2.74. The van der Waals surface area contributed by atoms with E-state index in [-0.39, 0.29) is 17.6 Å². The molecule has 0 saturated carbocycles. The molecule has 1 atom stereocenters. The molecule has 2 heterocycles. The van der Waals surface area contributed by atoms with E-state index in [1.807, 2.05) is 23.0 Å². The van der Waals surface area contributed by atoms with E-state index in [0.29, 0.717) is 16.5 Å². The largest absolute Gasteiger partial charge is 0.326 e. The zero-order valence-electron chi connectivity index (χ0n) is 18.5. The van der Waals surface area contributed by atoms with Gasteiger partial charge in [-0.2, -0.15) is 0 Å². The first-order valence-electron chi connectivity index (χ1n) is 10.7. The van der Waals surface area contributed by atoms with Crippen LogP contribution in [0.2, 0.25) is 0 Å². The fraction of sp³-hybridized carbons (Fsp3) is 0.391. The molecule has 2 aromatic heterocycles. The van der Waals surface area contributed by atoms with Gasteiger partial charge in [0.05, 0.1) is 10.6 Å². The second kappa shape index (κ2) is 9.87. The fourth-order valence-corrected chi connectivity index (χ4v) is 5.86. The molecule has 0 aliphatic heterocycles. The number of amides is 2. The number of hydrogen-bond donors (Lipinski definition) is 2. The lowest BCUT2D eigenvalue weighted by atomic mass is 9.87. The molecule has 2 amide bonds. The van der Waals surface area contributed by atoms with Gasteiger partial charge in [0.2, 0.25) is 11.8 Å². The summed E-state index contributed by atoms with van der Waals surface area (Å²) in [6.07, 6.45) is 4.81. The van der Waals surface area contributed by atoms with Crippen LogP contribution in [0.3, 0.4) is 0 Å². The highest BCUT2D eigenvalue weighted by atomic mass is 32.2. The third kappa shape index (κ3) is 5.21. The summed E-state index contributed by atoms with van der Waals surface area (Å²) in [5, 5.41) is 15.0.